The quantitative estimate of drug-likeness (QED) is 0.601. The topological polar surface area (TPSA) is 24.9 Å². The van der Waals surface area contributed by atoms with Crippen molar-refractivity contribution in [2.75, 3.05) is 6.54 Å². The molecule has 0 bridgehead atoms. The molecule has 1 rings (SSSR count). The summed E-state index contributed by atoms with van der Waals surface area (Å²) in [7, 11) is 0. The van der Waals surface area contributed by atoms with E-state index in [-0.39, 0.29) is 11.2 Å². The Bertz CT molecular complexity index is 294. The van der Waals surface area contributed by atoms with Gasteiger partial charge in [0.2, 0.25) is 0 Å². The number of hydrogen-bond donors (Lipinski definition) is 1. The van der Waals surface area contributed by atoms with Crippen LogP contribution >= 0.6 is 11.6 Å². The lowest BCUT2D eigenvalue weighted by Crippen LogP contribution is -2.17. The van der Waals surface area contributed by atoms with Gasteiger partial charge in [0.1, 0.15) is 5.82 Å². The summed E-state index contributed by atoms with van der Waals surface area (Å²) >= 11 is 5.96. The van der Waals surface area contributed by atoms with Gasteiger partial charge in [0.05, 0.1) is 6.20 Å². The molecule has 1 N–H and O–H groups in total. The smallest absolute Gasteiger partial charge is 0.141 e. The summed E-state index contributed by atoms with van der Waals surface area (Å²) in [5.74, 6) is -0.293. The van der Waals surface area contributed by atoms with Crippen molar-refractivity contribution in [3.8, 4) is 0 Å². The van der Waals surface area contributed by atoms with Gasteiger partial charge >= 0.3 is 0 Å². The lowest BCUT2D eigenvalue weighted by molar-refractivity contribution is 0.602. The zero-order valence-electron chi connectivity index (χ0n) is 8.84. The van der Waals surface area contributed by atoms with Gasteiger partial charge < -0.3 is 5.32 Å². The molecule has 0 saturated heterocycles. The molecule has 0 aliphatic rings. The SMILES string of the molecule is CCC(Cl)CCNCc1cncc(F)c1. The lowest BCUT2D eigenvalue weighted by atomic mass is 10.2. The number of hydrogen-bond acceptors (Lipinski definition) is 2. The first-order valence-electron chi connectivity index (χ1n) is 5.16. The maximum atomic E-state index is 12.7. The van der Waals surface area contributed by atoms with Crippen molar-refractivity contribution in [3.63, 3.8) is 0 Å². The summed E-state index contributed by atoms with van der Waals surface area (Å²) in [5, 5.41) is 3.43. The van der Waals surface area contributed by atoms with Crippen molar-refractivity contribution < 1.29 is 4.39 Å². The lowest BCUT2D eigenvalue weighted by Gasteiger charge is -2.07. The van der Waals surface area contributed by atoms with Gasteiger partial charge in [0.25, 0.3) is 0 Å². The third-order valence-electron chi connectivity index (χ3n) is 2.17. The highest BCUT2D eigenvalue weighted by atomic mass is 35.5. The largest absolute Gasteiger partial charge is 0.313 e. The highest BCUT2D eigenvalue weighted by Gasteiger charge is 2.00. The molecule has 0 saturated carbocycles. The van der Waals surface area contributed by atoms with Crippen LogP contribution in [0.5, 0.6) is 0 Å². The van der Waals surface area contributed by atoms with Crippen LogP contribution in [0.1, 0.15) is 25.3 Å². The summed E-state index contributed by atoms with van der Waals surface area (Å²) in [6.45, 7) is 3.55. The van der Waals surface area contributed by atoms with Crippen molar-refractivity contribution >= 4 is 11.6 Å². The average Bonchev–Trinajstić information content (AvgIpc) is 2.24. The van der Waals surface area contributed by atoms with Crippen LogP contribution < -0.4 is 5.32 Å². The number of alkyl halides is 1. The van der Waals surface area contributed by atoms with Crippen LogP contribution in [0.25, 0.3) is 0 Å². The maximum absolute atomic E-state index is 12.7. The van der Waals surface area contributed by atoms with Gasteiger partial charge in [-0.25, -0.2) is 4.39 Å². The van der Waals surface area contributed by atoms with Gasteiger partial charge in [-0.2, -0.15) is 0 Å². The van der Waals surface area contributed by atoms with E-state index in [2.05, 4.69) is 17.2 Å². The Labute approximate surface area is 94.9 Å². The highest BCUT2D eigenvalue weighted by Crippen LogP contribution is 2.05. The molecular formula is C11H16ClFN2. The molecule has 1 heterocycles. The Morgan fingerprint density at radius 1 is 1.53 bits per heavy atom. The highest BCUT2D eigenvalue weighted by molar-refractivity contribution is 6.20. The number of rotatable bonds is 6. The van der Waals surface area contributed by atoms with Gasteiger partial charge in [0.15, 0.2) is 0 Å². The fourth-order valence-corrected chi connectivity index (χ4v) is 1.36. The summed E-state index contributed by atoms with van der Waals surface area (Å²) < 4.78 is 12.7. The van der Waals surface area contributed by atoms with E-state index in [4.69, 9.17) is 11.6 Å². The zero-order valence-corrected chi connectivity index (χ0v) is 9.60. The maximum Gasteiger partial charge on any atom is 0.141 e. The van der Waals surface area contributed by atoms with Crippen molar-refractivity contribution in [2.45, 2.75) is 31.7 Å². The summed E-state index contributed by atoms with van der Waals surface area (Å²) in [4.78, 5) is 3.77. The minimum absolute atomic E-state index is 0.225. The van der Waals surface area contributed by atoms with Gasteiger partial charge in [-0.1, -0.05) is 6.92 Å². The second-order valence-corrected chi connectivity index (χ2v) is 4.10. The molecule has 0 aliphatic carbocycles. The molecule has 1 aromatic heterocycles. The molecule has 15 heavy (non-hydrogen) atoms. The molecule has 0 aromatic carbocycles. The summed E-state index contributed by atoms with van der Waals surface area (Å²) in [6.07, 6.45) is 4.77. The van der Waals surface area contributed by atoms with E-state index in [1.165, 1.54) is 12.3 Å². The molecule has 1 unspecified atom stereocenters. The molecular weight excluding hydrogens is 215 g/mol. The molecule has 1 aromatic rings. The first kappa shape index (κ1) is 12.4. The second-order valence-electron chi connectivity index (χ2n) is 3.48. The standard InChI is InChI=1S/C11H16ClFN2/c1-2-10(12)3-4-14-6-9-5-11(13)8-15-7-9/h5,7-8,10,14H,2-4,6H2,1H3. The van der Waals surface area contributed by atoms with E-state index in [1.54, 1.807) is 6.20 Å². The summed E-state index contributed by atoms with van der Waals surface area (Å²) in [5.41, 5.74) is 0.859. The van der Waals surface area contributed by atoms with E-state index >= 15 is 0 Å². The number of pyridine rings is 1. The van der Waals surface area contributed by atoms with Crippen LogP contribution in [-0.2, 0) is 6.54 Å². The van der Waals surface area contributed by atoms with E-state index in [1.807, 2.05) is 0 Å². The predicted octanol–water partition coefficient (Wildman–Crippen LogP) is 2.72. The third-order valence-corrected chi connectivity index (χ3v) is 2.69. The number of aromatic nitrogens is 1. The second kappa shape index (κ2) is 6.75. The van der Waals surface area contributed by atoms with Crippen LogP contribution in [0.3, 0.4) is 0 Å². The first-order valence-corrected chi connectivity index (χ1v) is 5.60. The van der Waals surface area contributed by atoms with Crippen LogP contribution in [0.15, 0.2) is 18.5 Å². The van der Waals surface area contributed by atoms with Gasteiger partial charge in [-0.05, 0) is 31.0 Å². The molecule has 1 atom stereocenters. The van der Waals surface area contributed by atoms with Crippen molar-refractivity contribution in [3.05, 3.63) is 29.8 Å². The number of nitrogens with zero attached hydrogens (tertiary/aromatic N) is 1. The Morgan fingerprint density at radius 2 is 2.33 bits per heavy atom. The van der Waals surface area contributed by atoms with Crippen molar-refractivity contribution in [2.24, 2.45) is 0 Å². The van der Waals surface area contributed by atoms with E-state index in [9.17, 15) is 4.39 Å². The monoisotopic (exact) mass is 230 g/mol. The third kappa shape index (κ3) is 5.09. The van der Waals surface area contributed by atoms with E-state index < -0.39 is 0 Å². The van der Waals surface area contributed by atoms with Gasteiger partial charge in [-0.3, -0.25) is 4.98 Å². The molecule has 0 aliphatic heterocycles. The van der Waals surface area contributed by atoms with E-state index in [0.29, 0.717) is 6.54 Å². The molecule has 4 heteroatoms. The van der Waals surface area contributed by atoms with Crippen molar-refractivity contribution in [1.29, 1.82) is 0 Å². The predicted molar refractivity (Wildman–Crippen MR) is 60.5 cm³/mol. The van der Waals surface area contributed by atoms with Crippen LogP contribution in [0, 0.1) is 5.82 Å². The fourth-order valence-electron chi connectivity index (χ4n) is 1.25. The minimum atomic E-state index is -0.293. The Hall–Kier alpha value is -0.670. The normalized spacial score (nSPS) is 12.7. The molecule has 84 valence electrons. The zero-order chi connectivity index (χ0) is 11.1. The number of halogens is 2. The molecule has 0 fully saturated rings. The minimum Gasteiger partial charge on any atom is -0.313 e. The van der Waals surface area contributed by atoms with Gasteiger partial charge in [-0.15, -0.1) is 11.6 Å². The summed E-state index contributed by atoms with van der Waals surface area (Å²) in [6, 6.07) is 1.48. The van der Waals surface area contributed by atoms with Crippen molar-refractivity contribution in [1.82, 2.24) is 10.3 Å². The Kier molecular flexibility index (Phi) is 5.58. The Morgan fingerprint density at radius 3 is 3.00 bits per heavy atom. The molecule has 0 radical (unpaired) electrons. The number of nitrogens with one attached hydrogen (secondary N) is 1. The molecule has 0 spiro atoms. The van der Waals surface area contributed by atoms with Crippen LogP contribution in [-0.4, -0.2) is 16.9 Å². The Balaban J connectivity index is 2.20. The molecule has 0 amide bonds. The molecule has 2 nitrogen and oxygen atoms in total. The first-order chi connectivity index (χ1) is 7.22. The van der Waals surface area contributed by atoms with Gasteiger partial charge in [0, 0.05) is 18.1 Å². The van der Waals surface area contributed by atoms with Crippen LogP contribution in [0.2, 0.25) is 0 Å². The van der Waals surface area contributed by atoms with E-state index in [0.717, 1.165) is 24.9 Å². The van der Waals surface area contributed by atoms with Crippen LogP contribution in [0.4, 0.5) is 4.39 Å². The average molecular weight is 231 g/mol. The fraction of sp³-hybridized carbons (Fsp3) is 0.545.